The summed E-state index contributed by atoms with van der Waals surface area (Å²) in [5.74, 6) is 1.64. The quantitative estimate of drug-likeness (QED) is 0.616. The average molecular weight is 200 g/mol. The third-order valence-corrected chi connectivity index (χ3v) is 1.61. The molecule has 1 aliphatic carbocycles. The molecule has 2 heteroatoms. The van der Waals surface area contributed by atoms with Gasteiger partial charge in [-0.3, -0.25) is 0 Å². The third kappa shape index (κ3) is 3.47. The molecule has 0 heterocycles. The maximum atomic E-state index is 10.4. The number of hydrogen-bond donors (Lipinski definition) is 0. The molecule has 9 heavy (non-hydrogen) atoms. The molecule has 0 aromatic rings. The number of carbonyl (C=O) groups excluding carboxylic acids is 1. The molecule has 1 rings (SSSR count). The van der Waals surface area contributed by atoms with Gasteiger partial charge in [0.05, 0.1) is 0 Å². The van der Waals surface area contributed by atoms with Crippen molar-refractivity contribution in [3.63, 3.8) is 0 Å². The summed E-state index contributed by atoms with van der Waals surface area (Å²) in [7, 11) is 0. The number of Topliss-reactive ketones (excluding diaryl/α,β-unsaturated/α-hetero) is 1. The van der Waals surface area contributed by atoms with Crippen LogP contribution in [0, 0.1) is 18.3 Å². The molecule has 0 aliphatic heterocycles. The molecule has 0 unspecified atom stereocenters. The van der Waals surface area contributed by atoms with E-state index in [4.69, 9.17) is 0 Å². The van der Waals surface area contributed by atoms with Crippen molar-refractivity contribution in [2.24, 2.45) is 11.8 Å². The normalized spacial score (nSPS) is 30.9. The first-order valence-corrected chi connectivity index (χ1v) is 3.04. The summed E-state index contributed by atoms with van der Waals surface area (Å²) in [6, 6.07) is 0. The summed E-state index contributed by atoms with van der Waals surface area (Å²) >= 11 is 0. The van der Waals surface area contributed by atoms with Gasteiger partial charge in [0, 0.05) is 32.7 Å². The van der Waals surface area contributed by atoms with Crippen LogP contribution < -0.4 is 0 Å². The Balaban J connectivity index is 0.000000640. The Bertz CT molecular complexity index is 111. The van der Waals surface area contributed by atoms with Crippen LogP contribution in [-0.4, -0.2) is 5.78 Å². The molecule has 0 saturated heterocycles. The minimum absolute atomic E-state index is 0. The largest absolute Gasteiger partial charge is 0.327 e. The Morgan fingerprint density at radius 2 is 2.11 bits per heavy atom. The smallest absolute Gasteiger partial charge is 0.127 e. The molecular weight excluding hydrogens is 189 g/mol. The molecule has 1 nitrogen and oxygen atoms in total. The second-order valence-electron chi connectivity index (χ2n) is 2.62. The van der Waals surface area contributed by atoms with E-state index < -0.39 is 0 Å². The summed E-state index contributed by atoms with van der Waals surface area (Å²) in [4.78, 5) is 10.4. The van der Waals surface area contributed by atoms with Gasteiger partial charge in [0.1, 0.15) is 5.78 Å². The van der Waals surface area contributed by atoms with Gasteiger partial charge in [-0.05, 0) is 13.3 Å². The van der Waals surface area contributed by atoms with Gasteiger partial charge in [0.2, 0.25) is 0 Å². The molecule has 1 radical (unpaired) electrons. The number of rotatable bonds is 2. The van der Waals surface area contributed by atoms with Gasteiger partial charge < -0.3 is 11.2 Å². The molecule has 1 fully saturated rings. The van der Waals surface area contributed by atoms with Crippen molar-refractivity contribution in [1.82, 2.24) is 0 Å². The van der Waals surface area contributed by atoms with Crippen molar-refractivity contribution in [3.05, 3.63) is 6.42 Å². The zero-order valence-corrected chi connectivity index (χ0v) is 8.76. The van der Waals surface area contributed by atoms with Gasteiger partial charge in [-0.15, -0.1) is 0 Å². The molecular formula is C7H11OY-. The van der Waals surface area contributed by atoms with Gasteiger partial charge >= 0.3 is 0 Å². The summed E-state index contributed by atoms with van der Waals surface area (Å²) in [6.45, 7) is 3.80. The summed E-state index contributed by atoms with van der Waals surface area (Å²) < 4.78 is 0. The van der Waals surface area contributed by atoms with Gasteiger partial charge in [-0.25, -0.2) is 0 Å². The molecule has 0 bridgehead atoms. The van der Waals surface area contributed by atoms with Crippen LogP contribution in [-0.2, 0) is 37.5 Å². The fourth-order valence-corrected chi connectivity index (χ4v) is 0.912. The molecule has 0 amide bonds. The van der Waals surface area contributed by atoms with E-state index in [1.807, 2.05) is 0 Å². The molecule has 1 saturated carbocycles. The minimum Gasteiger partial charge on any atom is -0.327 e. The zero-order chi connectivity index (χ0) is 6.15. The minimum atomic E-state index is 0. The van der Waals surface area contributed by atoms with E-state index in [2.05, 4.69) is 13.3 Å². The zero-order valence-electron chi connectivity index (χ0n) is 5.92. The summed E-state index contributed by atoms with van der Waals surface area (Å²) in [5.41, 5.74) is 0. The van der Waals surface area contributed by atoms with Crippen LogP contribution >= 0.6 is 0 Å². The molecule has 2 atom stereocenters. The first-order chi connectivity index (χ1) is 3.70. The predicted molar refractivity (Wildman–Crippen MR) is 32.3 cm³/mol. The van der Waals surface area contributed by atoms with Crippen LogP contribution in [0.2, 0.25) is 0 Å². The van der Waals surface area contributed by atoms with E-state index in [1.165, 1.54) is 0 Å². The first-order valence-electron chi connectivity index (χ1n) is 3.04. The van der Waals surface area contributed by atoms with Crippen LogP contribution in [0.15, 0.2) is 0 Å². The van der Waals surface area contributed by atoms with Crippen molar-refractivity contribution in [3.8, 4) is 0 Å². The molecule has 0 N–H and O–H groups in total. The Labute approximate surface area is 81.5 Å². The van der Waals surface area contributed by atoms with E-state index in [-0.39, 0.29) is 32.7 Å². The van der Waals surface area contributed by atoms with Gasteiger partial charge in [-0.2, -0.15) is 11.8 Å². The summed E-state index contributed by atoms with van der Waals surface area (Å²) in [5, 5.41) is 0. The van der Waals surface area contributed by atoms with Gasteiger partial charge in [-0.1, -0.05) is 6.92 Å². The maximum Gasteiger partial charge on any atom is 0.127 e. The van der Waals surface area contributed by atoms with E-state index in [0.717, 1.165) is 6.42 Å². The fourth-order valence-electron chi connectivity index (χ4n) is 0.912. The molecule has 0 aromatic carbocycles. The van der Waals surface area contributed by atoms with Crippen LogP contribution in [0.3, 0.4) is 0 Å². The maximum absolute atomic E-state index is 10.4. The average Bonchev–Trinajstić information content (AvgIpc) is 2.17. The second kappa shape index (κ2) is 3.82. The predicted octanol–water partition coefficient (Wildman–Crippen LogP) is 1.43. The third-order valence-electron chi connectivity index (χ3n) is 1.61. The van der Waals surface area contributed by atoms with Crippen LogP contribution in [0.4, 0.5) is 0 Å². The van der Waals surface area contributed by atoms with Crippen LogP contribution in [0.25, 0.3) is 0 Å². The van der Waals surface area contributed by atoms with Crippen molar-refractivity contribution in [2.45, 2.75) is 20.3 Å². The van der Waals surface area contributed by atoms with Gasteiger partial charge in [0.15, 0.2) is 0 Å². The Hall–Kier alpha value is 0.774. The SMILES string of the molecule is CC(=O)C[C@H]1[CH-][C@@H]1C.[Y]. The molecule has 0 aromatic heterocycles. The van der Waals surface area contributed by atoms with Gasteiger partial charge in [0.25, 0.3) is 0 Å². The van der Waals surface area contributed by atoms with Crippen molar-refractivity contribution in [2.75, 3.05) is 0 Å². The van der Waals surface area contributed by atoms with Crippen molar-refractivity contribution >= 4 is 5.78 Å². The standard InChI is InChI=1S/C7H11O.Y/c1-5-3-7(5)4-6(2)8;/h3,5,7H,4H2,1-2H3;/q-1;/t5-,7+;/m0./s1. The Morgan fingerprint density at radius 3 is 2.22 bits per heavy atom. The number of hydrogen-bond acceptors (Lipinski definition) is 1. The molecule has 49 valence electrons. The number of carbonyl (C=O) groups is 1. The van der Waals surface area contributed by atoms with Crippen molar-refractivity contribution < 1.29 is 37.5 Å². The molecule has 0 spiro atoms. The van der Waals surface area contributed by atoms with Crippen molar-refractivity contribution in [1.29, 1.82) is 0 Å². The van der Waals surface area contributed by atoms with E-state index in [1.54, 1.807) is 6.92 Å². The van der Waals surface area contributed by atoms with Crippen LogP contribution in [0.5, 0.6) is 0 Å². The van der Waals surface area contributed by atoms with E-state index in [9.17, 15) is 4.79 Å². The number of ketones is 1. The first kappa shape index (κ1) is 9.77. The Kier molecular flexibility index (Phi) is 4.15. The second-order valence-corrected chi connectivity index (χ2v) is 2.62. The van der Waals surface area contributed by atoms with Crippen LogP contribution in [0.1, 0.15) is 20.3 Å². The summed E-state index contributed by atoms with van der Waals surface area (Å²) in [6.07, 6.45) is 2.97. The fraction of sp³-hybridized carbons (Fsp3) is 0.714. The molecule has 1 aliphatic rings. The topological polar surface area (TPSA) is 17.1 Å². The van der Waals surface area contributed by atoms with E-state index >= 15 is 0 Å². The Morgan fingerprint density at radius 1 is 1.67 bits per heavy atom. The monoisotopic (exact) mass is 200 g/mol. The van der Waals surface area contributed by atoms with E-state index in [0.29, 0.717) is 17.6 Å².